The Kier molecular flexibility index (Phi) is 8.39. The van der Waals surface area contributed by atoms with Gasteiger partial charge in [-0.05, 0) is 42.9 Å². The number of piperazine rings is 1. The first-order chi connectivity index (χ1) is 13.3. The lowest BCUT2D eigenvalue weighted by Gasteiger charge is -2.43. The minimum absolute atomic E-state index is 0.0408. The van der Waals surface area contributed by atoms with Gasteiger partial charge in [-0.15, -0.1) is 0 Å². The van der Waals surface area contributed by atoms with Gasteiger partial charge in [-0.3, -0.25) is 9.80 Å². The molecule has 27 heavy (non-hydrogen) atoms. The quantitative estimate of drug-likeness (QED) is 0.694. The minimum atomic E-state index is 0.0408. The summed E-state index contributed by atoms with van der Waals surface area (Å²) < 4.78 is 5.44. The van der Waals surface area contributed by atoms with Gasteiger partial charge in [0.25, 0.3) is 0 Å². The highest BCUT2D eigenvalue weighted by molar-refractivity contribution is 5.27. The van der Waals surface area contributed by atoms with Crippen LogP contribution in [-0.2, 0) is 6.54 Å². The lowest BCUT2D eigenvalue weighted by atomic mass is 9.88. The lowest BCUT2D eigenvalue weighted by molar-refractivity contribution is 0.0400. The third kappa shape index (κ3) is 6.46. The van der Waals surface area contributed by atoms with Gasteiger partial charge in [0.15, 0.2) is 0 Å². The van der Waals surface area contributed by atoms with E-state index in [2.05, 4.69) is 21.9 Å². The summed E-state index contributed by atoms with van der Waals surface area (Å²) in [7, 11) is 0. The number of hydrogen-bond donors (Lipinski definition) is 2. The molecule has 5 nitrogen and oxygen atoms in total. The number of aliphatic hydroxyl groups is 2. The van der Waals surface area contributed by atoms with Gasteiger partial charge in [0.2, 0.25) is 0 Å². The van der Waals surface area contributed by atoms with Crippen LogP contribution in [0.4, 0.5) is 0 Å². The molecule has 1 heterocycles. The summed E-state index contributed by atoms with van der Waals surface area (Å²) in [4.78, 5) is 5.16. The second-order valence-corrected chi connectivity index (χ2v) is 8.12. The van der Waals surface area contributed by atoms with Gasteiger partial charge in [-0.25, -0.2) is 0 Å². The third-order valence-electron chi connectivity index (χ3n) is 6.06. The van der Waals surface area contributed by atoms with Crippen molar-refractivity contribution in [2.45, 2.75) is 51.1 Å². The number of rotatable bonds is 9. The fourth-order valence-corrected chi connectivity index (χ4v) is 4.58. The first-order valence-electron chi connectivity index (χ1n) is 10.7. The molecule has 1 aromatic carbocycles. The Morgan fingerprint density at radius 2 is 1.74 bits per heavy atom. The summed E-state index contributed by atoms with van der Waals surface area (Å²) in [5, 5.41) is 18.4. The standard InChI is InChI=1S/C22H36N2O3/c25-13-10-21-18-23(11-12-24(21)17-19-4-2-1-3-5-19)16-20-6-8-22(9-7-20)27-15-14-26/h6-9,19,21,25-26H,1-5,10-18H2/t21-/m1/s1. The van der Waals surface area contributed by atoms with Crippen molar-refractivity contribution in [3.05, 3.63) is 29.8 Å². The number of hydrogen-bond acceptors (Lipinski definition) is 5. The predicted molar refractivity (Wildman–Crippen MR) is 108 cm³/mol. The Morgan fingerprint density at radius 3 is 2.44 bits per heavy atom. The van der Waals surface area contributed by atoms with Gasteiger partial charge in [-0.2, -0.15) is 0 Å². The maximum absolute atomic E-state index is 9.54. The molecule has 0 aromatic heterocycles. The predicted octanol–water partition coefficient (Wildman–Crippen LogP) is 2.51. The first kappa shape index (κ1) is 20.6. The highest BCUT2D eigenvalue weighted by atomic mass is 16.5. The van der Waals surface area contributed by atoms with Gasteiger partial charge in [0.1, 0.15) is 12.4 Å². The molecule has 1 saturated carbocycles. The zero-order valence-corrected chi connectivity index (χ0v) is 16.6. The van der Waals surface area contributed by atoms with E-state index in [4.69, 9.17) is 9.84 Å². The Labute approximate surface area is 163 Å². The van der Waals surface area contributed by atoms with E-state index >= 15 is 0 Å². The van der Waals surface area contributed by atoms with Crippen molar-refractivity contribution >= 4 is 0 Å². The van der Waals surface area contributed by atoms with Gasteiger partial charge >= 0.3 is 0 Å². The Morgan fingerprint density at radius 1 is 0.963 bits per heavy atom. The second kappa shape index (κ2) is 11.0. The summed E-state index contributed by atoms with van der Waals surface area (Å²) in [5.41, 5.74) is 1.29. The molecule has 1 aliphatic heterocycles. The van der Waals surface area contributed by atoms with Crippen molar-refractivity contribution in [3.8, 4) is 5.75 Å². The van der Waals surface area contributed by atoms with E-state index in [0.29, 0.717) is 12.6 Å². The van der Waals surface area contributed by atoms with E-state index in [1.807, 2.05) is 12.1 Å². The Hall–Kier alpha value is -1.14. The molecule has 5 heteroatoms. The Bertz CT molecular complexity index is 531. The average Bonchev–Trinajstić information content (AvgIpc) is 2.70. The van der Waals surface area contributed by atoms with Gasteiger partial charge in [-0.1, -0.05) is 31.4 Å². The Balaban J connectivity index is 1.51. The number of benzene rings is 1. The van der Waals surface area contributed by atoms with E-state index < -0.39 is 0 Å². The topological polar surface area (TPSA) is 56.2 Å². The van der Waals surface area contributed by atoms with Crippen LogP contribution in [0.25, 0.3) is 0 Å². The monoisotopic (exact) mass is 376 g/mol. The zero-order valence-electron chi connectivity index (χ0n) is 16.6. The lowest BCUT2D eigenvalue weighted by Crippen LogP contribution is -2.54. The summed E-state index contributed by atoms with van der Waals surface area (Å²) in [6.45, 7) is 6.06. The summed E-state index contributed by atoms with van der Waals surface area (Å²) in [5.74, 6) is 1.67. The third-order valence-corrected chi connectivity index (χ3v) is 6.06. The molecule has 0 amide bonds. The molecule has 2 N–H and O–H groups in total. The number of ether oxygens (including phenoxy) is 1. The molecule has 0 radical (unpaired) electrons. The molecule has 0 spiro atoms. The molecule has 1 aliphatic carbocycles. The van der Waals surface area contributed by atoms with Crippen molar-refractivity contribution in [1.29, 1.82) is 0 Å². The molecule has 0 unspecified atom stereocenters. The molecule has 1 atom stereocenters. The fourth-order valence-electron chi connectivity index (χ4n) is 4.58. The normalized spacial score (nSPS) is 22.8. The van der Waals surface area contributed by atoms with Gasteiger partial charge in [0, 0.05) is 45.4 Å². The molecule has 0 bridgehead atoms. The number of aliphatic hydroxyl groups excluding tert-OH is 2. The highest BCUT2D eigenvalue weighted by Gasteiger charge is 2.28. The van der Waals surface area contributed by atoms with Crippen molar-refractivity contribution in [2.75, 3.05) is 46.0 Å². The highest BCUT2D eigenvalue weighted by Crippen LogP contribution is 2.26. The SMILES string of the molecule is OCCOc1ccc(CN2CCN(CC3CCCCC3)[C@H](CCO)C2)cc1. The molecule has 152 valence electrons. The largest absolute Gasteiger partial charge is 0.491 e. The van der Waals surface area contributed by atoms with Crippen molar-refractivity contribution in [2.24, 2.45) is 5.92 Å². The molecular formula is C22H36N2O3. The molecular weight excluding hydrogens is 340 g/mol. The smallest absolute Gasteiger partial charge is 0.119 e. The molecule has 1 saturated heterocycles. The van der Waals surface area contributed by atoms with Crippen LogP contribution in [0.3, 0.4) is 0 Å². The van der Waals surface area contributed by atoms with E-state index in [1.165, 1.54) is 44.2 Å². The van der Waals surface area contributed by atoms with Gasteiger partial charge in [0.05, 0.1) is 6.61 Å². The van der Waals surface area contributed by atoms with Crippen LogP contribution in [0, 0.1) is 5.92 Å². The van der Waals surface area contributed by atoms with Crippen LogP contribution in [-0.4, -0.2) is 72.1 Å². The summed E-state index contributed by atoms with van der Waals surface area (Å²) in [6.07, 6.45) is 7.85. The van der Waals surface area contributed by atoms with Crippen molar-refractivity contribution in [1.82, 2.24) is 9.80 Å². The average molecular weight is 377 g/mol. The van der Waals surface area contributed by atoms with Crippen LogP contribution in [0.5, 0.6) is 5.75 Å². The van der Waals surface area contributed by atoms with Crippen molar-refractivity contribution in [3.63, 3.8) is 0 Å². The maximum Gasteiger partial charge on any atom is 0.119 e. The molecule has 1 aromatic rings. The summed E-state index contributed by atoms with van der Waals surface area (Å²) >= 11 is 0. The van der Waals surface area contributed by atoms with Crippen LogP contribution in [0.1, 0.15) is 44.1 Å². The molecule has 2 aliphatic rings. The molecule has 3 rings (SSSR count). The van der Waals surface area contributed by atoms with Crippen molar-refractivity contribution < 1.29 is 14.9 Å². The van der Waals surface area contributed by atoms with E-state index in [-0.39, 0.29) is 13.2 Å². The minimum Gasteiger partial charge on any atom is -0.491 e. The van der Waals surface area contributed by atoms with Gasteiger partial charge < -0.3 is 14.9 Å². The second-order valence-electron chi connectivity index (χ2n) is 8.12. The van der Waals surface area contributed by atoms with Crippen LogP contribution < -0.4 is 4.74 Å². The first-order valence-corrected chi connectivity index (χ1v) is 10.7. The fraction of sp³-hybridized carbons (Fsp3) is 0.727. The van der Waals surface area contributed by atoms with E-state index in [0.717, 1.165) is 44.3 Å². The van der Waals surface area contributed by atoms with Crippen LogP contribution in [0.2, 0.25) is 0 Å². The van der Waals surface area contributed by atoms with E-state index in [9.17, 15) is 5.11 Å². The zero-order chi connectivity index (χ0) is 18.9. The van der Waals surface area contributed by atoms with Crippen LogP contribution >= 0.6 is 0 Å². The van der Waals surface area contributed by atoms with E-state index in [1.54, 1.807) is 0 Å². The number of nitrogens with zero attached hydrogens (tertiary/aromatic N) is 2. The molecule has 2 fully saturated rings. The summed E-state index contributed by atoms with van der Waals surface area (Å²) in [6, 6.07) is 8.66. The van der Waals surface area contributed by atoms with Crippen LogP contribution in [0.15, 0.2) is 24.3 Å². The maximum atomic E-state index is 9.54.